The maximum Gasteiger partial charge on any atom is 0.339 e. The third-order valence-electron chi connectivity index (χ3n) is 6.20. The molecule has 0 spiro atoms. The molecule has 1 amide bonds. The Kier molecular flexibility index (Phi) is 7.77. The van der Waals surface area contributed by atoms with Gasteiger partial charge in [0, 0.05) is 30.2 Å². The van der Waals surface area contributed by atoms with E-state index in [1.807, 2.05) is 6.92 Å². The standard InChI is InChI=1S/C27H24N2O9S/c1-17-3-11-23(12-4-17)39(35,36)38-22-9-6-19(7-10-22)25(30)16-37-27(32)20-13-26(31)28(15-20)21-8-5-18(2)24(14-21)29(33)34/h3-12,14,20H,13,15-16H2,1-2H3/t20-/m0/s1. The predicted octanol–water partition coefficient (Wildman–Crippen LogP) is 3.76. The molecule has 1 atom stereocenters. The van der Waals surface area contributed by atoms with Gasteiger partial charge in [-0.1, -0.05) is 23.8 Å². The van der Waals surface area contributed by atoms with Crippen LogP contribution in [0.3, 0.4) is 0 Å². The minimum Gasteiger partial charge on any atom is -0.457 e. The molecular weight excluding hydrogens is 528 g/mol. The normalized spacial score (nSPS) is 15.2. The van der Waals surface area contributed by atoms with Crippen molar-refractivity contribution in [1.82, 2.24) is 0 Å². The fourth-order valence-corrected chi connectivity index (χ4v) is 4.92. The van der Waals surface area contributed by atoms with Crippen LogP contribution in [0.15, 0.2) is 71.6 Å². The molecule has 1 aliphatic rings. The largest absolute Gasteiger partial charge is 0.457 e. The molecule has 0 saturated carbocycles. The van der Waals surface area contributed by atoms with Gasteiger partial charge in [0.05, 0.1) is 16.5 Å². The number of anilines is 1. The molecule has 0 radical (unpaired) electrons. The van der Waals surface area contributed by atoms with E-state index in [-0.39, 0.29) is 34.9 Å². The number of ether oxygens (including phenoxy) is 1. The minimum absolute atomic E-state index is 0.00465. The van der Waals surface area contributed by atoms with Crippen molar-refractivity contribution in [2.24, 2.45) is 5.92 Å². The Hall–Kier alpha value is -4.58. The van der Waals surface area contributed by atoms with Crippen LogP contribution in [0.2, 0.25) is 0 Å². The Labute approximate surface area is 224 Å². The highest BCUT2D eigenvalue weighted by Gasteiger charge is 2.37. The van der Waals surface area contributed by atoms with Gasteiger partial charge in [-0.3, -0.25) is 24.5 Å². The average Bonchev–Trinajstić information content (AvgIpc) is 3.29. The van der Waals surface area contributed by atoms with E-state index in [1.165, 1.54) is 53.4 Å². The van der Waals surface area contributed by atoms with Gasteiger partial charge in [0.25, 0.3) is 5.69 Å². The summed E-state index contributed by atoms with van der Waals surface area (Å²) in [5.74, 6) is -2.51. The number of ketones is 1. The highest BCUT2D eigenvalue weighted by Crippen LogP contribution is 2.30. The molecule has 3 aromatic carbocycles. The first-order valence-electron chi connectivity index (χ1n) is 11.8. The van der Waals surface area contributed by atoms with Gasteiger partial charge in [0.1, 0.15) is 10.6 Å². The molecule has 0 aromatic heterocycles. The van der Waals surface area contributed by atoms with Crippen molar-refractivity contribution < 1.29 is 36.6 Å². The van der Waals surface area contributed by atoms with Crippen LogP contribution < -0.4 is 9.08 Å². The lowest BCUT2D eigenvalue weighted by molar-refractivity contribution is -0.385. The summed E-state index contributed by atoms with van der Waals surface area (Å²) in [6.45, 7) is 2.79. The number of hydrogen-bond acceptors (Lipinski definition) is 9. The Morgan fingerprint density at radius 1 is 1.03 bits per heavy atom. The number of nitro benzene ring substituents is 1. The van der Waals surface area contributed by atoms with Gasteiger partial charge < -0.3 is 13.8 Å². The zero-order valence-electron chi connectivity index (χ0n) is 21.0. The van der Waals surface area contributed by atoms with E-state index >= 15 is 0 Å². The number of carbonyl (C=O) groups excluding carboxylic acids is 3. The van der Waals surface area contributed by atoms with Gasteiger partial charge in [-0.15, -0.1) is 0 Å². The van der Waals surface area contributed by atoms with Gasteiger partial charge in [0.15, 0.2) is 12.4 Å². The van der Waals surface area contributed by atoms with Crippen LogP contribution in [0.25, 0.3) is 0 Å². The third-order valence-corrected chi connectivity index (χ3v) is 7.46. The van der Waals surface area contributed by atoms with Crippen LogP contribution in [0.5, 0.6) is 5.75 Å². The van der Waals surface area contributed by atoms with Crippen molar-refractivity contribution in [2.75, 3.05) is 18.1 Å². The predicted molar refractivity (Wildman–Crippen MR) is 139 cm³/mol. The van der Waals surface area contributed by atoms with Crippen molar-refractivity contribution in [3.63, 3.8) is 0 Å². The van der Waals surface area contributed by atoms with E-state index in [2.05, 4.69) is 0 Å². The first-order chi connectivity index (χ1) is 18.4. The second-order valence-electron chi connectivity index (χ2n) is 9.04. The molecule has 1 heterocycles. The molecule has 3 aromatic rings. The zero-order chi connectivity index (χ0) is 28.3. The monoisotopic (exact) mass is 552 g/mol. The summed E-state index contributed by atoms with van der Waals surface area (Å²) in [6.07, 6.45) is -0.157. The molecule has 1 aliphatic heterocycles. The summed E-state index contributed by atoms with van der Waals surface area (Å²) in [4.78, 5) is 49.5. The van der Waals surface area contributed by atoms with E-state index in [9.17, 15) is 32.9 Å². The number of rotatable bonds is 9. The fourth-order valence-electron chi connectivity index (χ4n) is 3.99. The van der Waals surface area contributed by atoms with Gasteiger partial charge in [-0.05, 0) is 56.3 Å². The molecule has 202 valence electrons. The first kappa shape index (κ1) is 27.5. The SMILES string of the molecule is Cc1ccc(S(=O)(=O)Oc2ccc(C(=O)COC(=O)[C@H]3CC(=O)N(c4ccc(C)c([N+](=O)[O-])c4)C3)cc2)cc1. The third kappa shape index (κ3) is 6.29. The number of esters is 1. The number of nitro groups is 1. The number of benzene rings is 3. The summed E-state index contributed by atoms with van der Waals surface area (Å²) in [7, 11) is -4.05. The quantitative estimate of drug-likeness (QED) is 0.127. The Balaban J connectivity index is 1.33. The average molecular weight is 553 g/mol. The molecule has 39 heavy (non-hydrogen) atoms. The summed E-state index contributed by atoms with van der Waals surface area (Å²) in [5.41, 5.74) is 1.67. The molecule has 0 bridgehead atoms. The topological polar surface area (TPSA) is 150 Å². The Morgan fingerprint density at radius 2 is 1.69 bits per heavy atom. The fraction of sp³-hybridized carbons (Fsp3) is 0.222. The molecule has 12 heteroatoms. The summed E-state index contributed by atoms with van der Waals surface area (Å²) in [5, 5.41) is 11.2. The van der Waals surface area contributed by atoms with E-state index in [0.29, 0.717) is 11.3 Å². The van der Waals surface area contributed by atoms with Crippen LogP contribution >= 0.6 is 0 Å². The van der Waals surface area contributed by atoms with E-state index < -0.39 is 45.2 Å². The van der Waals surface area contributed by atoms with Crippen molar-refractivity contribution >= 4 is 39.2 Å². The number of Topliss-reactive ketones (excluding diaryl/α,β-unsaturated/α-hetero) is 1. The molecule has 0 unspecified atom stereocenters. The smallest absolute Gasteiger partial charge is 0.339 e. The van der Waals surface area contributed by atoms with Gasteiger partial charge in [-0.25, -0.2) is 0 Å². The number of carbonyl (C=O) groups is 3. The summed E-state index contributed by atoms with van der Waals surface area (Å²) in [6, 6.07) is 15.9. The van der Waals surface area contributed by atoms with Gasteiger partial charge in [-0.2, -0.15) is 8.42 Å². The van der Waals surface area contributed by atoms with Crippen LogP contribution in [0, 0.1) is 29.9 Å². The number of nitrogens with zero attached hydrogens (tertiary/aromatic N) is 2. The molecule has 11 nitrogen and oxygen atoms in total. The molecule has 0 aliphatic carbocycles. The summed E-state index contributed by atoms with van der Waals surface area (Å²) >= 11 is 0. The highest BCUT2D eigenvalue weighted by atomic mass is 32.2. The zero-order valence-corrected chi connectivity index (χ0v) is 21.8. The lowest BCUT2D eigenvalue weighted by Gasteiger charge is -2.16. The minimum atomic E-state index is -4.05. The van der Waals surface area contributed by atoms with Crippen LogP contribution in [0.4, 0.5) is 11.4 Å². The van der Waals surface area contributed by atoms with E-state index in [4.69, 9.17) is 8.92 Å². The van der Waals surface area contributed by atoms with E-state index in [1.54, 1.807) is 25.1 Å². The Bertz CT molecular complexity index is 1550. The van der Waals surface area contributed by atoms with Gasteiger partial charge >= 0.3 is 16.1 Å². The summed E-state index contributed by atoms with van der Waals surface area (Å²) < 4.78 is 35.1. The molecule has 0 N–H and O–H groups in total. The lowest BCUT2D eigenvalue weighted by Crippen LogP contribution is -2.27. The first-order valence-corrected chi connectivity index (χ1v) is 13.2. The van der Waals surface area contributed by atoms with Gasteiger partial charge in [0.2, 0.25) is 5.91 Å². The van der Waals surface area contributed by atoms with Crippen LogP contribution in [-0.2, 0) is 24.4 Å². The van der Waals surface area contributed by atoms with Crippen molar-refractivity contribution in [2.45, 2.75) is 25.2 Å². The second-order valence-corrected chi connectivity index (χ2v) is 10.6. The molecule has 1 fully saturated rings. The van der Waals surface area contributed by atoms with Crippen LogP contribution in [-0.4, -0.2) is 44.2 Å². The molecule has 4 rings (SSSR count). The van der Waals surface area contributed by atoms with Crippen LogP contribution in [0.1, 0.15) is 27.9 Å². The number of hydrogen-bond donors (Lipinski definition) is 0. The Morgan fingerprint density at radius 3 is 2.33 bits per heavy atom. The molecular formula is C27H24N2O9S. The second kappa shape index (κ2) is 11.0. The number of amides is 1. The van der Waals surface area contributed by atoms with Crippen molar-refractivity contribution in [3.8, 4) is 5.75 Å². The van der Waals surface area contributed by atoms with Crippen molar-refractivity contribution in [3.05, 3.63) is 93.5 Å². The maximum atomic E-state index is 12.6. The highest BCUT2D eigenvalue weighted by molar-refractivity contribution is 7.87. The molecule has 1 saturated heterocycles. The lowest BCUT2D eigenvalue weighted by atomic mass is 10.1. The number of aryl methyl sites for hydroxylation is 2. The van der Waals surface area contributed by atoms with E-state index in [0.717, 1.165) is 5.56 Å². The van der Waals surface area contributed by atoms with Crippen molar-refractivity contribution in [1.29, 1.82) is 0 Å². The maximum absolute atomic E-state index is 12.6.